The second kappa shape index (κ2) is 3.99. The smallest absolute Gasteiger partial charge is 0.105 e. The molecule has 0 aromatic heterocycles. The van der Waals surface area contributed by atoms with Crippen LogP contribution in [0.25, 0.3) is 0 Å². The molecule has 0 saturated carbocycles. The van der Waals surface area contributed by atoms with Crippen LogP contribution in [0.5, 0.6) is 0 Å². The van der Waals surface area contributed by atoms with Gasteiger partial charge in [-0.1, -0.05) is 30.3 Å². The highest BCUT2D eigenvalue weighted by Gasteiger charge is 2.22. The van der Waals surface area contributed by atoms with Crippen molar-refractivity contribution in [3.8, 4) is 0 Å². The molecule has 3 heteroatoms. The third-order valence-corrected chi connectivity index (χ3v) is 2.52. The van der Waals surface area contributed by atoms with Crippen molar-refractivity contribution in [3.63, 3.8) is 0 Å². The summed E-state index contributed by atoms with van der Waals surface area (Å²) in [4.78, 5) is 0. The molecule has 2 rings (SSSR count). The maximum Gasteiger partial charge on any atom is 0.105 e. The number of hydrogen-bond acceptors (Lipinski definition) is 2. The van der Waals surface area contributed by atoms with Gasteiger partial charge >= 0.3 is 0 Å². The minimum Gasteiger partial charge on any atom is -0.371 e. The number of hydrogen-bond donors (Lipinski definition) is 0. The summed E-state index contributed by atoms with van der Waals surface area (Å²) in [5.41, 5.74) is 0. The second-order valence-electron chi connectivity index (χ2n) is 2.73. The van der Waals surface area contributed by atoms with Crippen LogP contribution in [0, 0.1) is 0 Å². The lowest BCUT2D eigenvalue weighted by atomic mass is 10.4. The highest BCUT2D eigenvalue weighted by Crippen LogP contribution is 2.16. The molecule has 0 aliphatic carbocycles. The largest absolute Gasteiger partial charge is 0.371 e. The van der Waals surface area contributed by atoms with E-state index in [1.54, 1.807) is 0 Å². The summed E-state index contributed by atoms with van der Waals surface area (Å²) < 4.78 is 10.5. The van der Waals surface area contributed by atoms with Gasteiger partial charge in [-0.3, -0.25) is 0 Å². The molecule has 1 aliphatic heterocycles. The topological polar surface area (TPSA) is 21.8 Å². The van der Waals surface area contributed by atoms with E-state index in [-0.39, 0.29) is 0 Å². The molecule has 12 heavy (non-hydrogen) atoms. The number of rotatable bonds is 4. The summed E-state index contributed by atoms with van der Waals surface area (Å²) >= 11 is 0. The van der Waals surface area contributed by atoms with Gasteiger partial charge < -0.3 is 9.26 Å². The Balaban J connectivity index is 1.72. The zero-order valence-electron chi connectivity index (χ0n) is 6.69. The Bertz CT molecular complexity index is 234. The van der Waals surface area contributed by atoms with E-state index in [9.17, 15) is 0 Å². The summed E-state index contributed by atoms with van der Waals surface area (Å²) in [7, 11) is 0.457. The quantitative estimate of drug-likeness (QED) is 0.517. The average Bonchev–Trinajstić information content (AvgIpc) is 2.90. The first-order valence-electron chi connectivity index (χ1n) is 3.99. The third-order valence-electron chi connectivity index (χ3n) is 1.64. The van der Waals surface area contributed by atoms with Gasteiger partial charge in [0.15, 0.2) is 0 Å². The number of benzene rings is 1. The molecular weight excluding hydrogens is 171 g/mol. The van der Waals surface area contributed by atoms with E-state index in [2.05, 4.69) is 12.1 Å². The highest BCUT2D eigenvalue weighted by atomic mass is 31.1. The van der Waals surface area contributed by atoms with E-state index in [0.717, 1.165) is 13.2 Å². The summed E-state index contributed by atoms with van der Waals surface area (Å²) in [6.45, 7) is 1.62. The van der Waals surface area contributed by atoms with Crippen LogP contribution in [-0.4, -0.2) is 19.3 Å². The van der Waals surface area contributed by atoms with Gasteiger partial charge in [-0.05, 0) is 5.30 Å². The minimum atomic E-state index is 0.376. The fourth-order valence-corrected chi connectivity index (χ4v) is 1.65. The van der Waals surface area contributed by atoms with Crippen molar-refractivity contribution >= 4 is 14.1 Å². The first-order valence-corrected chi connectivity index (χ1v) is 4.90. The Labute approximate surface area is 73.7 Å². The first-order chi connectivity index (χ1) is 5.95. The number of epoxide rings is 1. The van der Waals surface area contributed by atoms with Crippen molar-refractivity contribution in [2.45, 2.75) is 6.10 Å². The van der Waals surface area contributed by atoms with E-state index in [0.29, 0.717) is 14.9 Å². The molecular formula is C9H11O2P. The Morgan fingerprint density at radius 2 is 2.17 bits per heavy atom. The molecule has 1 saturated heterocycles. The van der Waals surface area contributed by atoms with E-state index in [1.165, 1.54) is 5.30 Å². The lowest BCUT2D eigenvalue weighted by Gasteiger charge is -2.00. The van der Waals surface area contributed by atoms with E-state index < -0.39 is 0 Å². The molecule has 1 fully saturated rings. The molecule has 1 aliphatic rings. The van der Waals surface area contributed by atoms with Crippen molar-refractivity contribution in [2.75, 3.05) is 13.2 Å². The fourth-order valence-electron chi connectivity index (χ4n) is 0.888. The minimum absolute atomic E-state index is 0.376. The third kappa shape index (κ3) is 2.56. The van der Waals surface area contributed by atoms with Crippen molar-refractivity contribution in [1.29, 1.82) is 0 Å². The Kier molecular flexibility index (Phi) is 2.72. The fraction of sp³-hybridized carbons (Fsp3) is 0.333. The Morgan fingerprint density at radius 3 is 2.83 bits per heavy atom. The van der Waals surface area contributed by atoms with Crippen LogP contribution < -0.4 is 5.30 Å². The Morgan fingerprint density at radius 1 is 1.42 bits per heavy atom. The zero-order valence-corrected chi connectivity index (χ0v) is 7.69. The van der Waals surface area contributed by atoms with Gasteiger partial charge in [-0.15, -0.1) is 0 Å². The maximum absolute atomic E-state index is 5.45. The van der Waals surface area contributed by atoms with Crippen LogP contribution in [0.15, 0.2) is 30.3 Å². The van der Waals surface area contributed by atoms with Crippen molar-refractivity contribution in [3.05, 3.63) is 30.3 Å². The molecule has 0 bridgehead atoms. The molecule has 1 aromatic rings. The highest BCUT2D eigenvalue weighted by molar-refractivity contribution is 7.41. The van der Waals surface area contributed by atoms with Crippen LogP contribution in [-0.2, 0) is 9.26 Å². The molecule has 0 spiro atoms. The van der Waals surface area contributed by atoms with Crippen LogP contribution in [0.3, 0.4) is 0 Å². The van der Waals surface area contributed by atoms with Crippen LogP contribution >= 0.6 is 8.81 Å². The van der Waals surface area contributed by atoms with Crippen molar-refractivity contribution in [1.82, 2.24) is 0 Å². The summed E-state index contributed by atoms with van der Waals surface area (Å²) in [6.07, 6.45) is 0.376. The molecule has 0 radical (unpaired) electrons. The van der Waals surface area contributed by atoms with Gasteiger partial charge in [0.05, 0.1) is 13.2 Å². The molecule has 64 valence electrons. The Hall–Kier alpha value is -0.430. The second-order valence-corrected chi connectivity index (χ2v) is 3.80. The van der Waals surface area contributed by atoms with Crippen molar-refractivity contribution in [2.24, 2.45) is 0 Å². The predicted octanol–water partition coefficient (Wildman–Crippen LogP) is 1.32. The van der Waals surface area contributed by atoms with E-state index in [4.69, 9.17) is 9.26 Å². The average molecular weight is 182 g/mol. The predicted molar refractivity (Wildman–Crippen MR) is 50.1 cm³/mol. The summed E-state index contributed by atoms with van der Waals surface area (Å²) in [6, 6.07) is 10.2. The van der Waals surface area contributed by atoms with Gasteiger partial charge in [0.2, 0.25) is 0 Å². The summed E-state index contributed by atoms with van der Waals surface area (Å²) in [5, 5.41) is 1.25. The van der Waals surface area contributed by atoms with Crippen LogP contribution in [0.4, 0.5) is 0 Å². The molecule has 1 aromatic carbocycles. The maximum atomic E-state index is 5.45. The van der Waals surface area contributed by atoms with E-state index >= 15 is 0 Å². The van der Waals surface area contributed by atoms with Gasteiger partial charge in [0, 0.05) is 8.81 Å². The lowest BCUT2D eigenvalue weighted by Crippen LogP contribution is -1.99. The molecule has 0 N–H and O–H groups in total. The molecule has 0 amide bonds. The van der Waals surface area contributed by atoms with Crippen LogP contribution in [0.2, 0.25) is 0 Å². The van der Waals surface area contributed by atoms with Gasteiger partial charge in [-0.2, -0.15) is 0 Å². The SMILES string of the molecule is c1ccc(POCC2CO2)cc1. The van der Waals surface area contributed by atoms with Gasteiger partial charge in [-0.25, -0.2) is 0 Å². The first kappa shape index (κ1) is 8.18. The summed E-state index contributed by atoms with van der Waals surface area (Å²) in [5.74, 6) is 0. The molecule has 2 unspecified atom stereocenters. The normalized spacial score (nSPS) is 21.8. The van der Waals surface area contributed by atoms with Crippen LogP contribution in [0.1, 0.15) is 0 Å². The number of ether oxygens (including phenoxy) is 1. The molecule has 2 nitrogen and oxygen atoms in total. The lowest BCUT2D eigenvalue weighted by molar-refractivity contribution is 0.291. The van der Waals surface area contributed by atoms with Crippen molar-refractivity contribution < 1.29 is 9.26 Å². The monoisotopic (exact) mass is 182 g/mol. The zero-order chi connectivity index (χ0) is 8.23. The van der Waals surface area contributed by atoms with E-state index in [1.807, 2.05) is 18.2 Å². The van der Waals surface area contributed by atoms with Gasteiger partial charge in [0.25, 0.3) is 0 Å². The molecule has 2 atom stereocenters. The molecule has 1 heterocycles. The van der Waals surface area contributed by atoms with Gasteiger partial charge in [0.1, 0.15) is 6.10 Å². The standard InChI is InChI=1S/C9H11O2P/c1-2-4-9(5-3-1)12-11-7-8-6-10-8/h1-5,8,12H,6-7H2.